The van der Waals surface area contributed by atoms with Crippen LogP contribution in [-0.2, 0) is 6.61 Å². The fraction of sp³-hybridized carbons (Fsp3) is 0.133. The Morgan fingerprint density at radius 3 is 2.59 bits per heavy atom. The average molecular weight is 369 g/mol. The van der Waals surface area contributed by atoms with E-state index in [-0.39, 0.29) is 12.4 Å². The summed E-state index contributed by atoms with van der Waals surface area (Å²) in [6.45, 7) is 0.234. The highest BCUT2D eigenvalue weighted by atomic mass is 79.9. The maximum absolute atomic E-state index is 12.9. The first-order chi connectivity index (χ1) is 10.5. The number of rotatable bonds is 5. The highest BCUT2D eigenvalue weighted by molar-refractivity contribution is 9.10. The SMILES string of the molecule is COc1cc(C(=O)NN)cc(Br)c1OCc1ccc(F)cc1. The molecule has 0 radical (unpaired) electrons. The van der Waals surface area contributed by atoms with Crippen molar-refractivity contribution in [3.63, 3.8) is 0 Å². The Balaban J connectivity index is 2.23. The first-order valence-electron chi connectivity index (χ1n) is 6.31. The predicted molar refractivity (Wildman–Crippen MR) is 83.1 cm³/mol. The van der Waals surface area contributed by atoms with Crippen LogP contribution in [0.15, 0.2) is 40.9 Å². The third-order valence-corrected chi connectivity index (χ3v) is 3.51. The quantitative estimate of drug-likeness (QED) is 0.483. The number of amides is 1. The Morgan fingerprint density at radius 1 is 1.32 bits per heavy atom. The largest absolute Gasteiger partial charge is 0.493 e. The van der Waals surface area contributed by atoms with Crippen LogP contribution in [0.2, 0.25) is 0 Å². The number of halogens is 2. The van der Waals surface area contributed by atoms with E-state index in [1.54, 1.807) is 18.2 Å². The lowest BCUT2D eigenvalue weighted by atomic mass is 10.2. The van der Waals surface area contributed by atoms with E-state index in [2.05, 4.69) is 21.4 Å². The standard InChI is InChI=1S/C15H14BrFN2O3/c1-21-13-7-10(15(20)19-18)6-12(16)14(13)22-8-9-2-4-11(17)5-3-9/h2-7H,8,18H2,1H3,(H,19,20). The van der Waals surface area contributed by atoms with Crippen molar-refractivity contribution in [3.8, 4) is 11.5 Å². The minimum atomic E-state index is -0.441. The molecular formula is C15H14BrFN2O3. The van der Waals surface area contributed by atoms with Crippen LogP contribution in [0, 0.1) is 5.82 Å². The van der Waals surface area contributed by atoms with Gasteiger partial charge in [-0.2, -0.15) is 0 Å². The monoisotopic (exact) mass is 368 g/mol. The van der Waals surface area contributed by atoms with E-state index < -0.39 is 5.91 Å². The number of nitrogens with two attached hydrogens (primary N) is 1. The Bertz CT molecular complexity index is 677. The minimum Gasteiger partial charge on any atom is -0.493 e. The molecule has 0 unspecified atom stereocenters. The molecule has 0 spiro atoms. The summed E-state index contributed by atoms with van der Waals surface area (Å²) in [6, 6.07) is 9.08. The Kier molecular flexibility index (Phi) is 5.35. The van der Waals surface area contributed by atoms with E-state index in [0.717, 1.165) is 5.56 Å². The van der Waals surface area contributed by atoms with Crippen molar-refractivity contribution >= 4 is 21.8 Å². The Hall–Kier alpha value is -2.12. The van der Waals surface area contributed by atoms with E-state index in [9.17, 15) is 9.18 Å². The number of hydrogen-bond donors (Lipinski definition) is 2. The first kappa shape index (κ1) is 16.3. The molecule has 3 N–H and O–H groups in total. The van der Waals surface area contributed by atoms with Crippen LogP contribution in [0.1, 0.15) is 15.9 Å². The molecular weight excluding hydrogens is 355 g/mol. The summed E-state index contributed by atoms with van der Waals surface area (Å²) in [5.41, 5.74) is 3.19. The van der Waals surface area contributed by atoms with Gasteiger partial charge in [0.1, 0.15) is 12.4 Å². The molecule has 0 aliphatic carbocycles. The average Bonchev–Trinajstić information content (AvgIpc) is 2.53. The molecule has 7 heteroatoms. The third-order valence-electron chi connectivity index (χ3n) is 2.92. The highest BCUT2D eigenvalue weighted by Crippen LogP contribution is 2.37. The van der Waals surface area contributed by atoms with Gasteiger partial charge in [-0.15, -0.1) is 0 Å². The maximum Gasteiger partial charge on any atom is 0.265 e. The van der Waals surface area contributed by atoms with Crippen LogP contribution >= 0.6 is 15.9 Å². The van der Waals surface area contributed by atoms with E-state index in [1.165, 1.54) is 25.3 Å². The molecule has 0 fully saturated rings. The molecule has 0 aliphatic heterocycles. The number of carbonyl (C=O) groups is 1. The van der Waals surface area contributed by atoms with Gasteiger partial charge in [-0.25, -0.2) is 10.2 Å². The molecule has 1 amide bonds. The fourth-order valence-corrected chi connectivity index (χ4v) is 2.37. The van der Waals surface area contributed by atoms with E-state index in [1.807, 2.05) is 0 Å². The van der Waals surface area contributed by atoms with Gasteiger partial charge >= 0.3 is 0 Å². The van der Waals surface area contributed by atoms with Gasteiger partial charge < -0.3 is 9.47 Å². The molecule has 22 heavy (non-hydrogen) atoms. The van der Waals surface area contributed by atoms with Crippen molar-refractivity contribution in [1.29, 1.82) is 0 Å². The predicted octanol–water partition coefficient (Wildman–Crippen LogP) is 2.78. The number of ether oxygens (including phenoxy) is 2. The zero-order valence-electron chi connectivity index (χ0n) is 11.7. The van der Waals surface area contributed by atoms with Crippen molar-refractivity contribution in [2.24, 2.45) is 5.84 Å². The zero-order chi connectivity index (χ0) is 16.1. The van der Waals surface area contributed by atoms with Gasteiger partial charge in [0.15, 0.2) is 11.5 Å². The summed E-state index contributed by atoms with van der Waals surface area (Å²) in [6.07, 6.45) is 0. The van der Waals surface area contributed by atoms with Gasteiger partial charge in [0.25, 0.3) is 5.91 Å². The number of benzene rings is 2. The topological polar surface area (TPSA) is 73.6 Å². The van der Waals surface area contributed by atoms with Gasteiger partial charge in [0.2, 0.25) is 0 Å². The smallest absolute Gasteiger partial charge is 0.265 e. The normalized spacial score (nSPS) is 10.2. The summed E-state index contributed by atoms with van der Waals surface area (Å²) in [5, 5.41) is 0. The zero-order valence-corrected chi connectivity index (χ0v) is 13.3. The molecule has 0 saturated heterocycles. The Labute approximate surface area is 135 Å². The van der Waals surface area contributed by atoms with Crippen LogP contribution in [0.5, 0.6) is 11.5 Å². The molecule has 0 atom stereocenters. The second-order valence-corrected chi connectivity index (χ2v) is 5.23. The number of carbonyl (C=O) groups excluding carboxylic acids is 1. The molecule has 2 aromatic carbocycles. The number of hydrogen-bond acceptors (Lipinski definition) is 4. The lowest BCUT2D eigenvalue weighted by Crippen LogP contribution is -2.30. The molecule has 0 aliphatic rings. The number of nitrogen functional groups attached to an aromatic ring is 1. The lowest BCUT2D eigenvalue weighted by Gasteiger charge is -2.14. The summed E-state index contributed by atoms with van der Waals surface area (Å²) in [7, 11) is 1.47. The molecule has 2 rings (SSSR count). The van der Waals surface area contributed by atoms with Gasteiger partial charge in [-0.1, -0.05) is 12.1 Å². The van der Waals surface area contributed by atoms with E-state index >= 15 is 0 Å². The third kappa shape index (κ3) is 3.75. The number of hydrazine groups is 1. The lowest BCUT2D eigenvalue weighted by molar-refractivity contribution is 0.0953. The van der Waals surface area contributed by atoms with Crippen LogP contribution in [-0.4, -0.2) is 13.0 Å². The summed E-state index contributed by atoms with van der Waals surface area (Å²) < 4.78 is 24.3. The van der Waals surface area contributed by atoms with Gasteiger partial charge in [0, 0.05) is 5.56 Å². The van der Waals surface area contributed by atoms with Gasteiger partial charge in [-0.05, 0) is 45.8 Å². The molecule has 0 bridgehead atoms. The summed E-state index contributed by atoms with van der Waals surface area (Å²) in [4.78, 5) is 11.6. The fourth-order valence-electron chi connectivity index (χ4n) is 1.81. The number of nitrogens with one attached hydrogen (secondary N) is 1. The Morgan fingerprint density at radius 2 is 2.00 bits per heavy atom. The van der Waals surface area contributed by atoms with Crippen LogP contribution in [0.3, 0.4) is 0 Å². The van der Waals surface area contributed by atoms with Crippen LogP contribution < -0.4 is 20.7 Å². The molecule has 0 aromatic heterocycles. The summed E-state index contributed by atoms with van der Waals surface area (Å²) >= 11 is 3.34. The molecule has 5 nitrogen and oxygen atoms in total. The van der Waals surface area contributed by atoms with Gasteiger partial charge in [-0.3, -0.25) is 10.2 Å². The van der Waals surface area contributed by atoms with Crippen LogP contribution in [0.25, 0.3) is 0 Å². The maximum atomic E-state index is 12.9. The van der Waals surface area contributed by atoms with E-state index in [4.69, 9.17) is 15.3 Å². The number of methoxy groups -OCH3 is 1. The highest BCUT2D eigenvalue weighted by Gasteiger charge is 2.15. The van der Waals surface area contributed by atoms with Crippen molar-refractivity contribution < 1.29 is 18.7 Å². The second kappa shape index (κ2) is 7.24. The van der Waals surface area contributed by atoms with Crippen molar-refractivity contribution in [2.45, 2.75) is 6.61 Å². The molecule has 0 saturated carbocycles. The van der Waals surface area contributed by atoms with Crippen molar-refractivity contribution in [3.05, 3.63) is 57.8 Å². The van der Waals surface area contributed by atoms with Crippen molar-refractivity contribution in [2.75, 3.05) is 7.11 Å². The first-order valence-corrected chi connectivity index (χ1v) is 7.10. The minimum absolute atomic E-state index is 0.234. The van der Waals surface area contributed by atoms with Crippen molar-refractivity contribution in [1.82, 2.24) is 5.43 Å². The van der Waals surface area contributed by atoms with E-state index in [0.29, 0.717) is 21.5 Å². The van der Waals surface area contributed by atoms with Gasteiger partial charge in [0.05, 0.1) is 11.6 Å². The summed E-state index contributed by atoms with van der Waals surface area (Å²) in [5.74, 6) is 5.20. The molecule has 0 heterocycles. The molecule has 2 aromatic rings. The second-order valence-electron chi connectivity index (χ2n) is 4.38. The van der Waals surface area contributed by atoms with Crippen LogP contribution in [0.4, 0.5) is 4.39 Å². The molecule has 116 valence electrons.